The van der Waals surface area contributed by atoms with Gasteiger partial charge in [0, 0.05) is 36.0 Å². The van der Waals surface area contributed by atoms with Crippen molar-refractivity contribution < 1.29 is 9.53 Å². The fraction of sp³-hybridized carbons (Fsp3) is 0.304. The Labute approximate surface area is 185 Å². The summed E-state index contributed by atoms with van der Waals surface area (Å²) in [5.41, 5.74) is 2.77. The highest BCUT2D eigenvalue weighted by atomic mass is 16.5. The van der Waals surface area contributed by atoms with Gasteiger partial charge in [0.1, 0.15) is 12.1 Å². The number of hydrogen-bond acceptors (Lipinski definition) is 6. The first-order valence-electron chi connectivity index (χ1n) is 10.8. The van der Waals surface area contributed by atoms with E-state index in [1.54, 1.807) is 16.8 Å². The molecule has 0 spiro atoms. The second-order valence-electron chi connectivity index (χ2n) is 7.87. The number of fused-ring (bicyclic) bond motifs is 1. The quantitative estimate of drug-likeness (QED) is 0.457. The molecule has 5 rings (SSSR count). The van der Waals surface area contributed by atoms with Gasteiger partial charge in [0.2, 0.25) is 5.88 Å². The molecule has 0 bridgehead atoms. The van der Waals surface area contributed by atoms with Crippen LogP contribution >= 0.6 is 0 Å². The molecule has 164 valence electrons. The number of carbonyl (C=O) groups excluding carboxylic acids is 1. The summed E-state index contributed by atoms with van der Waals surface area (Å²) in [5, 5.41) is 11.5. The van der Waals surface area contributed by atoms with E-state index in [1.165, 1.54) is 6.33 Å². The molecule has 9 heteroatoms. The third kappa shape index (κ3) is 4.06. The number of hydrogen-bond donors (Lipinski definition) is 2. The molecule has 32 heavy (non-hydrogen) atoms. The monoisotopic (exact) mass is 431 g/mol. The Hall–Kier alpha value is -3.72. The standard InChI is InChI=1S/C23H25N7O2/c1-3-17-12-21(28-30(17)18-4-5-18)27-23(31)29-9-8-15-10-19(6-7-20(15)29)32-22-11-16(13-24-2)25-14-26-22/h6-12,14,18,24H,3-5,13H2,1-2H3,(H,27,28,31). The van der Waals surface area contributed by atoms with E-state index in [-0.39, 0.29) is 6.03 Å². The number of ether oxygens (including phenoxy) is 1. The van der Waals surface area contributed by atoms with Crippen molar-refractivity contribution in [2.75, 3.05) is 12.4 Å². The first-order chi connectivity index (χ1) is 15.6. The number of carbonyl (C=O) groups is 1. The van der Waals surface area contributed by atoms with Crippen LogP contribution in [0.2, 0.25) is 0 Å². The molecule has 1 aliphatic rings. The number of benzene rings is 1. The smallest absolute Gasteiger partial charge is 0.331 e. The average molecular weight is 432 g/mol. The number of nitrogens with one attached hydrogen (secondary N) is 2. The molecule has 1 fully saturated rings. The summed E-state index contributed by atoms with van der Waals surface area (Å²) in [4.78, 5) is 21.3. The minimum absolute atomic E-state index is 0.246. The summed E-state index contributed by atoms with van der Waals surface area (Å²) in [6, 6.07) is 11.4. The zero-order valence-electron chi connectivity index (χ0n) is 18.1. The fourth-order valence-corrected chi connectivity index (χ4v) is 3.76. The maximum atomic E-state index is 12.9. The van der Waals surface area contributed by atoms with Gasteiger partial charge in [-0.3, -0.25) is 14.6 Å². The van der Waals surface area contributed by atoms with Crippen LogP contribution in [0.5, 0.6) is 11.6 Å². The van der Waals surface area contributed by atoms with E-state index in [4.69, 9.17) is 4.74 Å². The molecule has 0 aliphatic heterocycles. The van der Waals surface area contributed by atoms with Crippen LogP contribution in [0, 0.1) is 0 Å². The van der Waals surface area contributed by atoms with Crippen LogP contribution in [-0.4, -0.2) is 37.4 Å². The maximum absolute atomic E-state index is 12.9. The Balaban J connectivity index is 1.33. The molecule has 1 aliphatic carbocycles. The topological polar surface area (TPSA) is 98.9 Å². The van der Waals surface area contributed by atoms with Gasteiger partial charge in [-0.25, -0.2) is 14.8 Å². The molecule has 1 saturated carbocycles. The predicted molar refractivity (Wildman–Crippen MR) is 121 cm³/mol. The second-order valence-corrected chi connectivity index (χ2v) is 7.87. The van der Waals surface area contributed by atoms with E-state index in [1.807, 2.05) is 42.1 Å². The summed E-state index contributed by atoms with van der Waals surface area (Å²) in [6.45, 7) is 2.73. The minimum Gasteiger partial charge on any atom is -0.439 e. The summed E-state index contributed by atoms with van der Waals surface area (Å²) in [6.07, 6.45) is 6.42. The molecule has 3 aromatic heterocycles. The molecule has 4 aromatic rings. The van der Waals surface area contributed by atoms with E-state index >= 15 is 0 Å². The maximum Gasteiger partial charge on any atom is 0.331 e. The van der Waals surface area contributed by atoms with Gasteiger partial charge < -0.3 is 10.1 Å². The van der Waals surface area contributed by atoms with Crippen LogP contribution in [0.25, 0.3) is 10.9 Å². The summed E-state index contributed by atoms with van der Waals surface area (Å²) in [7, 11) is 1.86. The second kappa shape index (κ2) is 8.43. The van der Waals surface area contributed by atoms with Crippen molar-refractivity contribution >= 4 is 22.8 Å². The van der Waals surface area contributed by atoms with Crippen LogP contribution in [0.3, 0.4) is 0 Å². The van der Waals surface area contributed by atoms with Gasteiger partial charge in [-0.2, -0.15) is 5.10 Å². The molecule has 9 nitrogen and oxygen atoms in total. The van der Waals surface area contributed by atoms with E-state index < -0.39 is 0 Å². The molecule has 0 radical (unpaired) electrons. The molecule has 1 aromatic carbocycles. The Morgan fingerprint density at radius 1 is 1.19 bits per heavy atom. The van der Waals surface area contributed by atoms with Crippen molar-refractivity contribution in [2.45, 2.75) is 38.8 Å². The van der Waals surface area contributed by atoms with Crippen molar-refractivity contribution in [1.82, 2.24) is 29.6 Å². The third-order valence-corrected chi connectivity index (χ3v) is 5.46. The van der Waals surface area contributed by atoms with Crippen molar-refractivity contribution in [3.8, 4) is 11.6 Å². The fourth-order valence-electron chi connectivity index (χ4n) is 3.76. The van der Waals surface area contributed by atoms with Crippen molar-refractivity contribution in [3.05, 3.63) is 60.3 Å². The summed E-state index contributed by atoms with van der Waals surface area (Å²) >= 11 is 0. The highest BCUT2D eigenvalue weighted by Crippen LogP contribution is 2.36. The average Bonchev–Trinajstić information content (AvgIpc) is 3.42. The van der Waals surface area contributed by atoms with Gasteiger partial charge in [0.15, 0.2) is 5.82 Å². The zero-order valence-corrected chi connectivity index (χ0v) is 18.1. The lowest BCUT2D eigenvalue weighted by Crippen LogP contribution is -2.18. The molecule has 2 N–H and O–H groups in total. The zero-order chi connectivity index (χ0) is 22.1. The molecular formula is C23H25N7O2. The first-order valence-corrected chi connectivity index (χ1v) is 10.8. The Morgan fingerprint density at radius 2 is 2.06 bits per heavy atom. The Kier molecular flexibility index (Phi) is 5.32. The number of rotatable bonds is 7. The number of nitrogens with zero attached hydrogens (tertiary/aromatic N) is 5. The molecular weight excluding hydrogens is 406 g/mol. The lowest BCUT2D eigenvalue weighted by Gasteiger charge is -2.08. The van der Waals surface area contributed by atoms with Crippen molar-refractivity contribution in [2.24, 2.45) is 0 Å². The SMILES string of the molecule is CCc1cc(NC(=O)n2ccc3cc(Oc4cc(CNC)ncn4)ccc32)nn1C1CC1. The highest BCUT2D eigenvalue weighted by molar-refractivity contribution is 5.98. The van der Waals surface area contributed by atoms with Gasteiger partial charge in [0.05, 0.1) is 17.3 Å². The van der Waals surface area contributed by atoms with E-state index in [2.05, 4.69) is 32.6 Å². The number of anilines is 1. The predicted octanol–water partition coefficient (Wildman–Crippen LogP) is 4.12. The lowest BCUT2D eigenvalue weighted by molar-refractivity contribution is 0.254. The number of amides is 1. The Morgan fingerprint density at radius 3 is 2.84 bits per heavy atom. The van der Waals surface area contributed by atoms with Crippen molar-refractivity contribution in [1.29, 1.82) is 0 Å². The van der Waals surface area contributed by atoms with Crippen LogP contribution in [0.4, 0.5) is 10.6 Å². The van der Waals surface area contributed by atoms with Gasteiger partial charge in [0.25, 0.3) is 0 Å². The van der Waals surface area contributed by atoms with Gasteiger partial charge in [-0.15, -0.1) is 0 Å². The van der Waals surface area contributed by atoms with Crippen molar-refractivity contribution in [3.63, 3.8) is 0 Å². The molecule has 3 heterocycles. The molecule has 0 unspecified atom stereocenters. The van der Waals surface area contributed by atoms with E-state index in [0.29, 0.717) is 30.0 Å². The number of aromatic nitrogens is 5. The van der Waals surface area contributed by atoms with Crippen LogP contribution in [0.15, 0.2) is 48.9 Å². The van der Waals surface area contributed by atoms with Crippen LogP contribution in [0.1, 0.15) is 37.2 Å². The Bertz CT molecular complexity index is 1270. The van der Waals surface area contributed by atoms with Crippen LogP contribution in [-0.2, 0) is 13.0 Å². The molecule has 1 amide bonds. The largest absolute Gasteiger partial charge is 0.439 e. The minimum atomic E-state index is -0.246. The van der Waals surface area contributed by atoms with Gasteiger partial charge in [-0.1, -0.05) is 6.92 Å². The van der Waals surface area contributed by atoms with Gasteiger partial charge >= 0.3 is 6.03 Å². The normalized spacial score (nSPS) is 13.4. The van der Waals surface area contributed by atoms with Crippen LogP contribution < -0.4 is 15.4 Å². The third-order valence-electron chi connectivity index (χ3n) is 5.46. The molecule has 0 saturated heterocycles. The highest BCUT2D eigenvalue weighted by Gasteiger charge is 2.27. The number of aryl methyl sites for hydroxylation is 1. The lowest BCUT2D eigenvalue weighted by atomic mass is 10.2. The molecule has 0 atom stereocenters. The summed E-state index contributed by atoms with van der Waals surface area (Å²) in [5.74, 6) is 1.70. The van der Waals surface area contributed by atoms with E-state index in [0.717, 1.165) is 41.6 Å². The van der Waals surface area contributed by atoms with Gasteiger partial charge in [-0.05, 0) is 50.6 Å². The first kappa shape index (κ1) is 20.2. The summed E-state index contributed by atoms with van der Waals surface area (Å²) < 4.78 is 9.52. The van der Waals surface area contributed by atoms with E-state index in [9.17, 15) is 4.79 Å².